The molecule has 0 spiro atoms. The average molecular weight is 479 g/mol. The third kappa shape index (κ3) is 3.94. The number of phenols is 1. The Morgan fingerprint density at radius 1 is 1.00 bits per heavy atom. The highest BCUT2D eigenvalue weighted by atomic mass is 32.2. The van der Waals surface area contributed by atoms with Crippen molar-refractivity contribution in [2.45, 2.75) is 23.3 Å². The zero-order chi connectivity index (χ0) is 23.9. The summed E-state index contributed by atoms with van der Waals surface area (Å²) in [5.74, 6) is 1.46. The van der Waals surface area contributed by atoms with Crippen LogP contribution in [-0.2, 0) is 10.0 Å². The van der Waals surface area contributed by atoms with Crippen molar-refractivity contribution >= 4 is 21.4 Å². The Morgan fingerprint density at radius 2 is 1.79 bits per heavy atom. The number of fused-ring (bicyclic) bond motifs is 3. The molecule has 3 atom stereocenters. The second-order valence-electron chi connectivity index (χ2n) is 8.49. The summed E-state index contributed by atoms with van der Waals surface area (Å²) in [6.07, 6.45) is 5.14. The molecule has 3 aromatic carbocycles. The molecule has 1 aliphatic heterocycles. The van der Waals surface area contributed by atoms with E-state index < -0.39 is 10.0 Å². The van der Waals surface area contributed by atoms with Crippen LogP contribution in [0.25, 0.3) is 0 Å². The van der Waals surface area contributed by atoms with E-state index in [-0.39, 0.29) is 28.5 Å². The summed E-state index contributed by atoms with van der Waals surface area (Å²) in [5.41, 5.74) is 3.26. The summed E-state index contributed by atoms with van der Waals surface area (Å²) in [6.45, 7) is 0. The first-order valence-electron chi connectivity index (χ1n) is 11.0. The zero-order valence-electron chi connectivity index (χ0n) is 18.9. The van der Waals surface area contributed by atoms with E-state index in [0.717, 1.165) is 23.2 Å². The monoisotopic (exact) mass is 478 g/mol. The average Bonchev–Trinajstić information content (AvgIpc) is 3.34. The molecule has 3 N–H and O–H groups in total. The molecule has 3 unspecified atom stereocenters. The largest absolute Gasteiger partial charge is 0.504 e. The standard InChI is InChI=1S/C26H26N2O5S/c1-32-18-9-7-17(8-10-18)28-34(30,31)19-11-12-23-22(15-19)20-4-3-5-21(20)26(27-23)16-6-13-25(33-2)24(29)14-16/h3-4,6-15,20-21,26-29H,5H2,1-2H3. The summed E-state index contributed by atoms with van der Waals surface area (Å²) in [5, 5.41) is 13.9. The van der Waals surface area contributed by atoms with Crippen LogP contribution in [0.15, 0.2) is 77.7 Å². The minimum Gasteiger partial charge on any atom is -0.504 e. The van der Waals surface area contributed by atoms with Crippen LogP contribution in [0, 0.1) is 5.92 Å². The fraction of sp³-hybridized carbons (Fsp3) is 0.231. The molecule has 7 nitrogen and oxygen atoms in total. The number of methoxy groups -OCH3 is 2. The van der Waals surface area contributed by atoms with Crippen LogP contribution < -0.4 is 19.5 Å². The predicted molar refractivity (Wildman–Crippen MR) is 131 cm³/mol. The van der Waals surface area contributed by atoms with Crippen LogP contribution in [0.1, 0.15) is 29.5 Å². The Hall–Kier alpha value is -3.65. The number of ether oxygens (including phenoxy) is 2. The molecule has 34 heavy (non-hydrogen) atoms. The highest BCUT2D eigenvalue weighted by molar-refractivity contribution is 7.92. The van der Waals surface area contributed by atoms with Crippen molar-refractivity contribution in [1.82, 2.24) is 0 Å². The molecule has 2 aliphatic rings. The van der Waals surface area contributed by atoms with E-state index in [0.29, 0.717) is 17.2 Å². The van der Waals surface area contributed by atoms with Crippen LogP contribution in [0.5, 0.6) is 17.2 Å². The molecule has 0 saturated heterocycles. The number of phenolic OH excluding ortho intramolecular Hbond substituents is 1. The number of anilines is 2. The lowest BCUT2D eigenvalue weighted by Crippen LogP contribution is -2.29. The van der Waals surface area contributed by atoms with Crippen molar-refractivity contribution in [3.05, 3.63) is 83.9 Å². The molecular formula is C26H26N2O5S. The second-order valence-corrected chi connectivity index (χ2v) is 10.2. The van der Waals surface area contributed by atoms with Crippen LogP contribution >= 0.6 is 0 Å². The zero-order valence-corrected chi connectivity index (χ0v) is 19.7. The number of aromatic hydroxyl groups is 1. The molecule has 0 fully saturated rings. The third-order valence-electron chi connectivity index (χ3n) is 6.55. The molecule has 3 aromatic rings. The van der Waals surface area contributed by atoms with Gasteiger partial charge in [0.25, 0.3) is 10.0 Å². The molecule has 0 saturated carbocycles. The van der Waals surface area contributed by atoms with Crippen LogP contribution in [0.3, 0.4) is 0 Å². The number of benzene rings is 3. The first kappa shape index (κ1) is 22.2. The molecular weight excluding hydrogens is 452 g/mol. The van der Waals surface area contributed by atoms with Crippen molar-refractivity contribution in [3.63, 3.8) is 0 Å². The topological polar surface area (TPSA) is 96.9 Å². The van der Waals surface area contributed by atoms with E-state index in [1.165, 1.54) is 7.11 Å². The van der Waals surface area contributed by atoms with Crippen LogP contribution in [0.4, 0.5) is 11.4 Å². The van der Waals surface area contributed by atoms with Gasteiger partial charge in [-0.3, -0.25) is 4.72 Å². The molecule has 5 rings (SSSR count). The quantitative estimate of drug-likeness (QED) is 0.430. The Kier molecular flexibility index (Phi) is 5.61. The number of nitrogens with one attached hydrogen (secondary N) is 2. The van der Waals surface area contributed by atoms with E-state index in [1.54, 1.807) is 55.6 Å². The summed E-state index contributed by atoms with van der Waals surface area (Å²) < 4.78 is 39.1. The van der Waals surface area contributed by atoms with E-state index in [2.05, 4.69) is 22.2 Å². The first-order chi connectivity index (χ1) is 16.4. The number of allylic oxidation sites excluding steroid dienone is 2. The molecule has 8 heteroatoms. The maximum atomic E-state index is 13.1. The minimum absolute atomic E-state index is 0.0239. The SMILES string of the molecule is COc1ccc(NS(=O)(=O)c2ccc3c(c2)C2C=CCC2C(c2ccc(OC)c(O)c2)N3)cc1. The lowest BCUT2D eigenvalue weighted by molar-refractivity contribution is 0.371. The van der Waals surface area contributed by atoms with Gasteiger partial charge >= 0.3 is 0 Å². The molecule has 0 radical (unpaired) electrons. The normalized spacial score (nSPS) is 20.7. The van der Waals surface area contributed by atoms with E-state index in [1.807, 2.05) is 12.1 Å². The summed E-state index contributed by atoms with van der Waals surface area (Å²) in [4.78, 5) is 0.212. The number of hydrogen-bond donors (Lipinski definition) is 3. The number of sulfonamides is 1. The molecule has 0 aromatic heterocycles. The van der Waals surface area contributed by atoms with Gasteiger partial charge in [0.1, 0.15) is 5.75 Å². The maximum absolute atomic E-state index is 13.1. The van der Waals surface area contributed by atoms with Gasteiger partial charge in [-0.2, -0.15) is 0 Å². The van der Waals surface area contributed by atoms with Crippen molar-refractivity contribution < 1.29 is 23.0 Å². The predicted octanol–water partition coefficient (Wildman–Crippen LogP) is 5.04. The van der Waals surface area contributed by atoms with Crippen molar-refractivity contribution in [3.8, 4) is 17.2 Å². The molecule has 1 heterocycles. The molecule has 1 aliphatic carbocycles. The van der Waals surface area contributed by atoms with Gasteiger partial charge in [0.05, 0.1) is 25.2 Å². The Morgan fingerprint density at radius 3 is 2.50 bits per heavy atom. The van der Waals surface area contributed by atoms with Gasteiger partial charge in [-0.25, -0.2) is 8.42 Å². The van der Waals surface area contributed by atoms with Gasteiger partial charge in [-0.1, -0.05) is 18.2 Å². The van der Waals surface area contributed by atoms with Crippen molar-refractivity contribution in [2.24, 2.45) is 5.92 Å². The van der Waals surface area contributed by atoms with Crippen LogP contribution in [-0.4, -0.2) is 27.7 Å². The van der Waals surface area contributed by atoms with E-state index >= 15 is 0 Å². The third-order valence-corrected chi connectivity index (χ3v) is 7.93. The Balaban J connectivity index is 1.45. The summed E-state index contributed by atoms with van der Waals surface area (Å²) in [6, 6.07) is 17.4. The van der Waals surface area contributed by atoms with Gasteiger partial charge in [0.15, 0.2) is 11.5 Å². The minimum atomic E-state index is -3.76. The smallest absolute Gasteiger partial charge is 0.261 e. The number of rotatable bonds is 6. The Bertz CT molecular complexity index is 1350. The summed E-state index contributed by atoms with van der Waals surface area (Å²) >= 11 is 0. The first-order valence-corrected chi connectivity index (χ1v) is 12.5. The highest BCUT2D eigenvalue weighted by Crippen LogP contribution is 2.50. The lowest BCUT2D eigenvalue weighted by Gasteiger charge is -2.37. The highest BCUT2D eigenvalue weighted by Gasteiger charge is 2.38. The Labute approximate surface area is 199 Å². The van der Waals surface area contributed by atoms with Gasteiger partial charge in [0, 0.05) is 17.3 Å². The fourth-order valence-electron chi connectivity index (χ4n) is 4.84. The molecule has 0 amide bonds. The van der Waals surface area contributed by atoms with Crippen molar-refractivity contribution in [1.29, 1.82) is 0 Å². The number of hydrogen-bond acceptors (Lipinski definition) is 6. The van der Waals surface area contributed by atoms with Gasteiger partial charge < -0.3 is 19.9 Å². The van der Waals surface area contributed by atoms with Crippen molar-refractivity contribution in [2.75, 3.05) is 24.3 Å². The fourth-order valence-corrected chi connectivity index (χ4v) is 5.94. The maximum Gasteiger partial charge on any atom is 0.261 e. The van der Waals surface area contributed by atoms with Gasteiger partial charge in [-0.05, 0) is 78.1 Å². The van der Waals surface area contributed by atoms with Gasteiger partial charge in [-0.15, -0.1) is 0 Å². The molecule has 0 bridgehead atoms. The van der Waals surface area contributed by atoms with E-state index in [9.17, 15) is 13.5 Å². The van der Waals surface area contributed by atoms with E-state index in [4.69, 9.17) is 9.47 Å². The molecule has 176 valence electrons. The van der Waals surface area contributed by atoms with Gasteiger partial charge in [0.2, 0.25) is 0 Å². The van der Waals surface area contributed by atoms with Crippen LogP contribution in [0.2, 0.25) is 0 Å². The second kappa shape index (κ2) is 8.61. The summed E-state index contributed by atoms with van der Waals surface area (Å²) in [7, 11) is -0.678. The lowest BCUT2D eigenvalue weighted by atomic mass is 9.77.